The number of nitrogens with zero attached hydrogens (tertiary/aromatic N) is 4. The molecule has 0 unspecified atom stereocenters. The van der Waals surface area contributed by atoms with Gasteiger partial charge in [0.15, 0.2) is 15.9 Å². The van der Waals surface area contributed by atoms with Gasteiger partial charge in [-0.2, -0.15) is 0 Å². The summed E-state index contributed by atoms with van der Waals surface area (Å²) in [6.07, 6.45) is 3.42. The first-order valence-electron chi connectivity index (χ1n) is 7.79. The quantitative estimate of drug-likeness (QED) is 0.469. The third-order valence-corrected chi connectivity index (χ3v) is 5.64. The molecule has 0 bridgehead atoms. The Morgan fingerprint density at radius 1 is 1.24 bits per heavy atom. The predicted molar refractivity (Wildman–Crippen MR) is 100 cm³/mol. The van der Waals surface area contributed by atoms with Crippen LogP contribution in [0.1, 0.15) is 16.8 Å². The molecule has 4 rings (SSSR count). The average molecular weight is 368 g/mol. The Balaban J connectivity index is 1.52. The smallest absolute Gasteiger partial charge is 0.196 e. The molecule has 0 radical (unpaired) electrons. The van der Waals surface area contributed by atoms with Crippen molar-refractivity contribution in [1.29, 1.82) is 0 Å². The standard InChI is InChI=1S/C18H16N4OS2/c1-12-5-6-15(13(2)8-12)22-11-19-21-18(22)25-10-14-9-24-17(20-14)16-4-3-7-23-16/h3-9,11H,10H2,1-2H3. The van der Waals surface area contributed by atoms with E-state index in [1.807, 2.05) is 16.7 Å². The minimum Gasteiger partial charge on any atom is -0.462 e. The number of aryl methyl sites for hydroxylation is 2. The van der Waals surface area contributed by atoms with E-state index in [2.05, 4.69) is 52.6 Å². The number of hydrogen-bond donors (Lipinski definition) is 0. The largest absolute Gasteiger partial charge is 0.462 e. The molecule has 0 atom stereocenters. The third kappa shape index (κ3) is 3.38. The second-order valence-corrected chi connectivity index (χ2v) is 7.48. The van der Waals surface area contributed by atoms with Crippen molar-refractivity contribution in [3.05, 3.63) is 65.1 Å². The van der Waals surface area contributed by atoms with Gasteiger partial charge in [0, 0.05) is 11.1 Å². The fourth-order valence-electron chi connectivity index (χ4n) is 2.59. The minimum absolute atomic E-state index is 0.737. The van der Waals surface area contributed by atoms with Gasteiger partial charge < -0.3 is 4.42 Å². The van der Waals surface area contributed by atoms with Gasteiger partial charge >= 0.3 is 0 Å². The summed E-state index contributed by atoms with van der Waals surface area (Å²) in [6, 6.07) is 10.2. The van der Waals surface area contributed by atoms with Crippen molar-refractivity contribution < 1.29 is 4.42 Å². The molecular weight excluding hydrogens is 352 g/mol. The van der Waals surface area contributed by atoms with Crippen molar-refractivity contribution in [1.82, 2.24) is 19.7 Å². The summed E-state index contributed by atoms with van der Waals surface area (Å²) in [5.74, 6) is 1.54. The highest BCUT2D eigenvalue weighted by molar-refractivity contribution is 7.98. The van der Waals surface area contributed by atoms with Gasteiger partial charge in [-0.15, -0.1) is 21.5 Å². The highest BCUT2D eigenvalue weighted by Gasteiger charge is 2.12. The van der Waals surface area contributed by atoms with Crippen LogP contribution in [0.25, 0.3) is 16.5 Å². The van der Waals surface area contributed by atoms with E-state index in [-0.39, 0.29) is 0 Å². The Morgan fingerprint density at radius 3 is 2.96 bits per heavy atom. The summed E-state index contributed by atoms with van der Waals surface area (Å²) in [4.78, 5) is 4.63. The fraction of sp³-hybridized carbons (Fsp3) is 0.167. The first-order valence-corrected chi connectivity index (χ1v) is 9.66. The maximum Gasteiger partial charge on any atom is 0.196 e. The SMILES string of the molecule is Cc1ccc(-n2cnnc2SCc2csc(-c3ccco3)n2)c(C)c1. The van der Waals surface area contributed by atoms with Crippen LogP contribution in [0.3, 0.4) is 0 Å². The van der Waals surface area contributed by atoms with Crippen molar-refractivity contribution in [3.8, 4) is 16.5 Å². The van der Waals surface area contributed by atoms with E-state index in [0.717, 1.165) is 33.1 Å². The van der Waals surface area contributed by atoms with Gasteiger partial charge in [0.25, 0.3) is 0 Å². The normalized spacial score (nSPS) is 11.1. The molecule has 0 spiro atoms. The maximum absolute atomic E-state index is 5.40. The van der Waals surface area contributed by atoms with E-state index in [0.29, 0.717) is 0 Å². The second-order valence-electron chi connectivity index (χ2n) is 5.68. The summed E-state index contributed by atoms with van der Waals surface area (Å²) in [5.41, 5.74) is 4.57. The number of rotatable bonds is 5. The van der Waals surface area contributed by atoms with E-state index in [1.54, 1.807) is 35.7 Å². The summed E-state index contributed by atoms with van der Waals surface area (Å²) in [6.45, 7) is 4.20. The van der Waals surface area contributed by atoms with Gasteiger partial charge in [0.05, 0.1) is 17.6 Å². The number of furan rings is 1. The molecule has 126 valence electrons. The molecule has 0 aliphatic rings. The summed E-state index contributed by atoms with van der Waals surface area (Å²) in [7, 11) is 0. The van der Waals surface area contributed by atoms with Crippen molar-refractivity contribution in [3.63, 3.8) is 0 Å². The molecule has 0 aliphatic carbocycles. The van der Waals surface area contributed by atoms with E-state index >= 15 is 0 Å². The van der Waals surface area contributed by atoms with Gasteiger partial charge in [0.2, 0.25) is 0 Å². The zero-order valence-corrected chi connectivity index (χ0v) is 15.5. The molecule has 4 aromatic rings. The van der Waals surface area contributed by atoms with Crippen LogP contribution in [0.2, 0.25) is 0 Å². The van der Waals surface area contributed by atoms with Crippen molar-refractivity contribution in [2.45, 2.75) is 24.8 Å². The highest BCUT2D eigenvalue weighted by Crippen LogP contribution is 2.29. The number of benzene rings is 1. The molecule has 3 heterocycles. The topological polar surface area (TPSA) is 56.7 Å². The number of hydrogen-bond acceptors (Lipinski definition) is 6. The fourth-order valence-corrected chi connectivity index (χ4v) is 4.29. The third-order valence-electron chi connectivity index (χ3n) is 3.76. The van der Waals surface area contributed by atoms with Crippen LogP contribution in [-0.4, -0.2) is 19.7 Å². The molecular formula is C18H16N4OS2. The van der Waals surface area contributed by atoms with Crippen LogP contribution in [-0.2, 0) is 5.75 Å². The molecule has 0 aliphatic heterocycles. The minimum atomic E-state index is 0.737. The van der Waals surface area contributed by atoms with E-state index in [1.165, 1.54) is 11.1 Å². The molecule has 0 fully saturated rings. The van der Waals surface area contributed by atoms with Crippen LogP contribution in [0.15, 0.2) is 57.9 Å². The van der Waals surface area contributed by atoms with Gasteiger partial charge in [0.1, 0.15) is 6.33 Å². The van der Waals surface area contributed by atoms with Gasteiger partial charge in [-0.25, -0.2) is 4.98 Å². The van der Waals surface area contributed by atoms with Gasteiger partial charge in [-0.3, -0.25) is 4.57 Å². The Kier molecular flexibility index (Phi) is 4.42. The van der Waals surface area contributed by atoms with Crippen molar-refractivity contribution in [2.75, 3.05) is 0 Å². The number of thioether (sulfide) groups is 1. The van der Waals surface area contributed by atoms with E-state index < -0.39 is 0 Å². The Bertz CT molecular complexity index is 988. The monoisotopic (exact) mass is 368 g/mol. The summed E-state index contributed by atoms with van der Waals surface area (Å²) in [5, 5.41) is 12.2. The number of thiazole rings is 1. The average Bonchev–Trinajstić information content (AvgIpc) is 3.34. The molecule has 3 aromatic heterocycles. The van der Waals surface area contributed by atoms with Crippen LogP contribution in [0, 0.1) is 13.8 Å². The molecule has 5 nitrogen and oxygen atoms in total. The van der Waals surface area contributed by atoms with Crippen molar-refractivity contribution >= 4 is 23.1 Å². The predicted octanol–water partition coefficient (Wildman–Crippen LogP) is 4.89. The first kappa shape index (κ1) is 16.1. The lowest BCUT2D eigenvalue weighted by Gasteiger charge is -2.09. The Morgan fingerprint density at radius 2 is 2.16 bits per heavy atom. The van der Waals surface area contributed by atoms with Gasteiger partial charge in [-0.1, -0.05) is 29.5 Å². The van der Waals surface area contributed by atoms with Gasteiger partial charge in [-0.05, 0) is 37.6 Å². The van der Waals surface area contributed by atoms with Crippen LogP contribution >= 0.6 is 23.1 Å². The number of aromatic nitrogens is 4. The van der Waals surface area contributed by atoms with Crippen molar-refractivity contribution in [2.24, 2.45) is 0 Å². The first-order chi connectivity index (χ1) is 12.2. The molecule has 0 amide bonds. The lowest BCUT2D eigenvalue weighted by molar-refractivity contribution is 0.581. The Labute approximate surface area is 153 Å². The maximum atomic E-state index is 5.40. The zero-order chi connectivity index (χ0) is 17.2. The summed E-state index contributed by atoms with van der Waals surface area (Å²) >= 11 is 3.22. The van der Waals surface area contributed by atoms with Crippen LogP contribution in [0.5, 0.6) is 0 Å². The molecule has 25 heavy (non-hydrogen) atoms. The molecule has 1 aromatic carbocycles. The Hall–Kier alpha value is -2.38. The lowest BCUT2D eigenvalue weighted by atomic mass is 10.1. The molecule has 7 heteroatoms. The van der Waals surface area contributed by atoms with E-state index in [4.69, 9.17) is 4.42 Å². The second kappa shape index (κ2) is 6.85. The highest BCUT2D eigenvalue weighted by atomic mass is 32.2. The molecule has 0 saturated carbocycles. The van der Waals surface area contributed by atoms with Crippen LogP contribution in [0.4, 0.5) is 0 Å². The summed E-state index contributed by atoms with van der Waals surface area (Å²) < 4.78 is 7.42. The molecule has 0 saturated heterocycles. The van der Waals surface area contributed by atoms with Crippen LogP contribution < -0.4 is 0 Å². The van der Waals surface area contributed by atoms with E-state index in [9.17, 15) is 0 Å². The molecule has 0 N–H and O–H groups in total. The zero-order valence-electron chi connectivity index (χ0n) is 13.8. The lowest BCUT2D eigenvalue weighted by Crippen LogP contribution is -1.98.